The highest BCUT2D eigenvalue weighted by Crippen LogP contribution is 2.50. The Morgan fingerprint density at radius 2 is 2.05 bits per heavy atom. The van der Waals surface area contributed by atoms with Gasteiger partial charge in [0.1, 0.15) is 10.5 Å². The maximum absolute atomic E-state index is 8.88. The third kappa shape index (κ3) is 2.12. The molecule has 1 unspecified atom stereocenters. The maximum atomic E-state index is 8.88. The number of hydrogen-bond donors (Lipinski definition) is 0. The lowest BCUT2D eigenvalue weighted by molar-refractivity contribution is -0.155. The van der Waals surface area contributed by atoms with Crippen molar-refractivity contribution in [1.82, 2.24) is 4.98 Å². The minimum atomic E-state index is -0.612. The first kappa shape index (κ1) is 12.9. The van der Waals surface area contributed by atoms with Gasteiger partial charge in [-0.1, -0.05) is 5.11 Å². The Kier molecular flexibility index (Phi) is 2.83. The summed E-state index contributed by atoms with van der Waals surface area (Å²) in [5.74, 6) is -0.545. The quantitative estimate of drug-likeness (QED) is 0.473. The van der Waals surface area contributed by atoms with E-state index in [2.05, 4.69) is 15.0 Å². The van der Waals surface area contributed by atoms with Gasteiger partial charge < -0.3 is 9.47 Å². The molecule has 1 aliphatic heterocycles. The number of thiazole rings is 1. The topological polar surface area (TPSA) is 80.1 Å². The Bertz CT molecular complexity index is 534. The molecule has 2 fully saturated rings. The van der Waals surface area contributed by atoms with Gasteiger partial charge in [0.2, 0.25) is 0 Å². The van der Waals surface area contributed by atoms with Gasteiger partial charge in [0.15, 0.2) is 5.79 Å². The van der Waals surface area contributed by atoms with E-state index in [9.17, 15) is 0 Å². The van der Waals surface area contributed by atoms with Gasteiger partial charge in [-0.05, 0) is 39.1 Å². The average molecular weight is 280 g/mol. The van der Waals surface area contributed by atoms with Crippen molar-refractivity contribution >= 4 is 11.3 Å². The SMILES string of the molecule is Cc1cnc(C2(N=[N+]=[N-])C[C@@H]3OC(C)(C)O[C@@H]3C2)s1. The summed E-state index contributed by atoms with van der Waals surface area (Å²) in [5.41, 5.74) is 8.27. The smallest absolute Gasteiger partial charge is 0.163 e. The van der Waals surface area contributed by atoms with Crippen molar-refractivity contribution in [2.45, 2.75) is 57.1 Å². The molecular weight excluding hydrogens is 264 g/mol. The van der Waals surface area contributed by atoms with Crippen molar-refractivity contribution in [3.05, 3.63) is 26.5 Å². The van der Waals surface area contributed by atoms with Gasteiger partial charge in [-0.3, -0.25) is 0 Å². The highest BCUT2D eigenvalue weighted by molar-refractivity contribution is 7.11. The number of aromatic nitrogens is 1. The molecule has 1 saturated heterocycles. The van der Waals surface area contributed by atoms with Gasteiger partial charge in [-0.15, -0.1) is 11.3 Å². The van der Waals surface area contributed by atoms with Crippen LogP contribution in [0, 0.1) is 6.92 Å². The fourth-order valence-electron chi connectivity index (χ4n) is 2.96. The summed E-state index contributed by atoms with van der Waals surface area (Å²) < 4.78 is 11.7. The molecule has 7 heteroatoms. The first-order chi connectivity index (χ1) is 8.94. The van der Waals surface area contributed by atoms with Crippen LogP contribution in [0.4, 0.5) is 0 Å². The molecule has 1 aliphatic carbocycles. The second-order valence-corrected chi connectivity index (χ2v) is 6.85. The van der Waals surface area contributed by atoms with E-state index in [4.69, 9.17) is 15.0 Å². The molecule has 19 heavy (non-hydrogen) atoms. The number of aryl methyl sites for hydroxylation is 1. The second kappa shape index (κ2) is 4.18. The molecule has 0 N–H and O–H groups in total. The molecule has 0 amide bonds. The van der Waals surface area contributed by atoms with Crippen molar-refractivity contribution in [3.8, 4) is 0 Å². The Balaban J connectivity index is 1.92. The van der Waals surface area contributed by atoms with E-state index in [1.54, 1.807) is 11.3 Å². The van der Waals surface area contributed by atoms with Crippen LogP contribution in [0.5, 0.6) is 0 Å². The summed E-state index contributed by atoms with van der Waals surface area (Å²) in [7, 11) is 0. The Hall–Kier alpha value is -1.14. The molecular formula is C12H16N4O2S. The molecule has 102 valence electrons. The normalized spacial score (nSPS) is 35.9. The second-order valence-electron chi connectivity index (χ2n) is 5.62. The third-order valence-electron chi connectivity index (χ3n) is 3.62. The third-order valence-corrected chi connectivity index (χ3v) is 4.72. The van der Waals surface area contributed by atoms with Crippen LogP contribution in [0.25, 0.3) is 10.4 Å². The largest absolute Gasteiger partial charge is 0.345 e. The van der Waals surface area contributed by atoms with E-state index in [0.717, 1.165) is 9.88 Å². The number of ether oxygens (including phenoxy) is 2. The van der Waals surface area contributed by atoms with Gasteiger partial charge in [0.25, 0.3) is 0 Å². The van der Waals surface area contributed by atoms with Crippen LogP contribution in [0.15, 0.2) is 11.3 Å². The van der Waals surface area contributed by atoms with E-state index in [0.29, 0.717) is 12.8 Å². The zero-order chi connectivity index (χ0) is 13.7. The molecule has 6 nitrogen and oxygen atoms in total. The van der Waals surface area contributed by atoms with Crippen LogP contribution in [0.3, 0.4) is 0 Å². The zero-order valence-corrected chi connectivity index (χ0v) is 12.0. The van der Waals surface area contributed by atoms with Crippen molar-refractivity contribution in [2.75, 3.05) is 0 Å². The van der Waals surface area contributed by atoms with Crippen LogP contribution in [-0.4, -0.2) is 23.0 Å². The van der Waals surface area contributed by atoms with Crippen LogP contribution in [0.1, 0.15) is 36.6 Å². The summed E-state index contributed by atoms with van der Waals surface area (Å²) in [5, 5.41) is 4.90. The van der Waals surface area contributed by atoms with Gasteiger partial charge in [-0.2, -0.15) is 0 Å². The molecule has 0 spiro atoms. The van der Waals surface area contributed by atoms with Crippen LogP contribution >= 0.6 is 11.3 Å². The van der Waals surface area contributed by atoms with E-state index >= 15 is 0 Å². The standard InChI is InChI=1S/C12H16N4O2S/c1-7-6-14-10(19-7)12(15-16-13)4-8-9(5-12)18-11(2,3)17-8/h6,8-9H,4-5H2,1-3H3/t8-,9+,12?. The lowest BCUT2D eigenvalue weighted by Gasteiger charge is -2.25. The first-order valence-corrected chi connectivity index (χ1v) is 7.11. The zero-order valence-electron chi connectivity index (χ0n) is 11.2. The summed E-state index contributed by atoms with van der Waals surface area (Å²) in [6.45, 7) is 5.82. The maximum Gasteiger partial charge on any atom is 0.163 e. The summed E-state index contributed by atoms with van der Waals surface area (Å²) in [6.07, 6.45) is 3.04. The van der Waals surface area contributed by atoms with E-state index < -0.39 is 11.3 Å². The summed E-state index contributed by atoms with van der Waals surface area (Å²) in [6, 6.07) is 0. The predicted molar refractivity (Wildman–Crippen MR) is 70.7 cm³/mol. The van der Waals surface area contributed by atoms with Gasteiger partial charge in [0.05, 0.1) is 12.2 Å². The molecule has 3 atom stereocenters. The van der Waals surface area contributed by atoms with E-state index in [-0.39, 0.29) is 12.2 Å². The van der Waals surface area contributed by atoms with Gasteiger partial charge in [0, 0.05) is 16.0 Å². The highest BCUT2D eigenvalue weighted by atomic mass is 32.1. The number of azide groups is 1. The molecule has 0 radical (unpaired) electrons. The Labute approximate surface area is 115 Å². The number of nitrogens with zero attached hydrogens (tertiary/aromatic N) is 4. The van der Waals surface area contributed by atoms with Crippen LogP contribution in [0.2, 0.25) is 0 Å². The minimum absolute atomic E-state index is 0.0234. The van der Waals surface area contributed by atoms with Gasteiger partial charge >= 0.3 is 0 Å². The molecule has 0 bridgehead atoms. The lowest BCUT2D eigenvalue weighted by atomic mass is 9.99. The Morgan fingerprint density at radius 1 is 1.42 bits per heavy atom. The highest BCUT2D eigenvalue weighted by Gasteiger charge is 2.55. The first-order valence-electron chi connectivity index (χ1n) is 6.29. The van der Waals surface area contributed by atoms with E-state index in [1.165, 1.54) is 0 Å². The summed E-state index contributed by atoms with van der Waals surface area (Å²) >= 11 is 1.58. The van der Waals surface area contributed by atoms with Crippen LogP contribution < -0.4 is 0 Å². The van der Waals surface area contributed by atoms with Crippen molar-refractivity contribution in [3.63, 3.8) is 0 Å². The lowest BCUT2D eigenvalue weighted by Crippen LogP contribution is -2.27. The molecule has 1 aromatic rings. The van der Waals surface area contributed by atoms with Crippen LogP contribution in [-0.2, 0) is 15.0 Å². The van der Waals surface area contributed by atoms with Crippen molar-refractivity contribution < 1.29 is 9.47 Å². The molecule has 2 aliphatic rings. The van der Waals surface area contributed by atoms with Crippen molar-refractivity contribution in [2.24, 2.45) is 5.11 Å². The molecule has 2 heterocycles. The molecule has 3 rings (SSSR count). The van der Waals surface area contributed by atoms with Crippen molar-refractivity contribution in [1.29, 1.82) is 0 Å². The minimum Gasteiger partial charge on any atom is -0.345 e. The average Bonchev–Trinajstić information content (AvgIpc) is 2.90. The predicted octanol–water partition coefficient (Wildman–Crippen LogP) is 3.27. The fraction of sp³-hybridized carbons (Fsp3) is 0.750. The number of fused-ring (bicyclic) bond motifs is 1. The molecule has 1 saturated carbocycles. The number of rotatable bonds is 2. The molecule has 0 aromatic carbocycles. The fourth-order valence-corrected chi connectivity index (χ4v) is 3.87. The van der Waals surface area contributed by atoms with Gasteiger partial charge in [-0.25, -0.2) is 4.98 Å². The Morgan fingerprint density at radius 3 is 2.53 bits per heavy atom. The summed E-state index contributed by atoms with van der Waals surface area (Å²) in [4.78, 5) is 8.53. The monoisotopic (exact) mass is 280 g/mol. The number of hydrogen-bond acceptors (Lipinski definition) is 5. The van der Waals surface area contributed by atoms with E-state index in [1.807, 2.05) is 27.0 Å². The molecule has 1 aromatic heterocycles.